The topological polar surface area (TPSA) is 92.5 Å². The Labute approximate surface area is 161 Å². The van der Waals surface area contributed by atoms with Crippen molar-refractivity contribution in [3.8, 4) is 0 Å². The molecule has 0 saturated carbocycles. The quantitative estimate of drug-likeness (QED) is 0.227. The lowest BCUT2D eigenvalue weighted by Gasteiger charge is -2.10. The Bertz CT molecular complexity index is 687. The Morgan fingerprint density at radius 3 is 2.50 bits per heavy atom. The molecule has 0 saturated heterocycles. The van der Waals surface area contributed by atoms with Crippen LogP contribution in [0.15, 0.2) is 35.5 Å². The van der Waals surface area contributed by atoms with Gasteiger partial charge in [-0.15, -0.1) is 35.3 Å². The van der Waals surface area contributed by atoms with Crippen molar-refractivity contribution in [2.24, 2.45) is 4.99 Å². The first-order valence-electron chi connectivity index (χ1n) is 7.23. The van der Waals surface area contributed by atoms with Crippen molar-refractivity contribution in [2.75, 3.05) is 7.05 Å². The van der Waals surface area contributed by atoms with Crippen LogP contribution in [0.4, 0.5) is 5.69 Å². The predicted octanol–water partition coefficient (Wildman–Crippen LogP) is 3.10. The largest absolute Gasteiger partial charge is 0.352 e. The zero-order valence-electron chi connectivity index (χ0n) is 13.5. The monoisotopic (exact) mass is 461 g/mol. The number of nitro groups is 1. The minimum Gasteiger partial charge on any atom is -0.352 e. The molecule has 0 fully saturated rings. The lowest BCUT2D eigenvalue weighted by Crippen LogP contribution is -2.36. The Morgan fingerprint density at radius 2 is 1.96 bits per heavy atom. The maximum atomic E-state index is 10.6. The zero-order valence-corrected chi connectivity index (χ0v) is 16.6. The molecule has 1 heterocycles. The highest BCUT2D eigenvalue weighted by molar-refractivity contribution is 14.0. The van der Waals surface area contributed by atoms with Crippen LogP contribution in [0.2, 0.25) is 0 Å². The third kappa shape index (κ3) is 6.04. The number of guanidine groups is 1. The molecule has 1 aromatic carbocycles. The minimum absolute atomic E-state index is 0. The van der Waals surface area contributed by atoms with Gasteiger partial charge in [-0.3, -0.25) is 15.1 Å². The van der Waals surface area contributed by atoms with E-state index in [2.05, 4.69) is 27.5 Å². The summed E-state index contributed by atoms with van der Waals surface area (Å²) < 4.78 is 0. The highest BCUT2D eigenvalue weighted by Gasteiger charge is 2.05. The lowest BCUT2D eigenvalue weighted by molar-refractivity contribution is -0.384. The zero-order chi connectivity index (χ0) is 16.7. The van der Waals surface area contributed by atoms with Gasteiger partial charge >= 0.3 is 0 Å². The SMILES string of the molecule is CCc1cnc(CNC(=NC)NCc2ccc([N+](=O)[O-])cc2)s1.I. The van der Waals surface area contributed by atoms with Crippen LogP contribution >= 0.6 is 35.3 Å². The fraction of sp³-hybridized carbons (Fsp3) is 0.333. The first kappa shape index (κ1) is 20.3. The van der Waals surface area contributed by atoms with Crippen molar-refractivity contribution in [2.45, 2.75) is 26.4 Å². The van der Waals surface area contributed by atoms with E-state index in [0.29, 0.717) is 19.0 Å². The molecule has 0 spiro atoms. The molecule has 2 rings (SSSR count). The predicted molar refractivity (Wildman–Crippen MR) is 107 cm³/mol. The van der Waals surface area contributed by atoms with E-state index in [9.17, 15) is 10.1 Å². The van der Waals surface area contributed by atoms with Crippen LogP contribution in [0.1, 0.15) is 22.4 Å². The van der Waals surface area contributed by atoms with E-state index < -0.39 is 4.92 Å². The normalized spacial score (nSPS) is 10.8. The average Bonchev–Trinajstić information content (AvgIpc) is 3.03. The number of rotatable bonds is 6. The number of halogens is 1. The third-order valence-corrected chi connectivity index (χ3v) is 4.33. The molecule has 0 amide bonds. The van der Waals surface area contributed by atoms with Gasteiger partial charge in [0.15, 0.2) is 5.96 Å². The summed E-state index contributed by atoms with van der Waals surface area (Å²) in [5.41, 5.74) is 1.04. The number of nitrogens with zero attached hydrogens (tertiary/aromatic N) is 3. The summed E-state index contributed by atoms with van der Waals surface area (Å²) in [5.74, 6) is 0.664. The molecule has 0 radical (unpaired) electrons. The summed E-state index contributed by atoms with van der Waals surface area (Å²) in [4.78, 5) is 20.0. The van der Waals surface area contributed by atoms with Gasteiger partial charge in [-0.25, -0.2) is 4.98 Å². The first-order chi connectivity index (χ1) is 11.1. The summed E-state index contributed by atoms with van der Waals surface area (Å²) in [6, 6.07) is 6.45. The maximum absolute atomic E-state index is 10.6. The van der Waals surface area contributed by atoms with E-state index in [1.54, 1.807) is 30.5 Å². The molecule has 24 heavy (non-hydrogen) atoms. The molecule has 0 aliphatic heterocycles. The number of aromatic nitrogens is 1. The van der Waals surface area contributed by atoms with Gasteiger partial charge in [0.05, 0.1) is 11.5 Å². The molecular weight excluding hydrogens is 441 g/mol. The maximum Gasteiger partial charge on any atom is 0.269 e. The van der Waals surface area contributed by atoms with Crippen LogP contribution in [-0.2, 0) is 19.5 Å². The van der Waals surface area contributed by atoms with Crippen LogP contribution in [0.25, 0.3) is 0 Å². The summed E-state index contributed by atoms with van der Waals surface area (Å²) >= 11 is 1.68. The van der Waals surface area contributed by atoms with E-state index in [-0.39, 0.29) is 29.7 Å². The fourth-order valence-corrected chi connectivity index (χ4v) is 2.70. The molecule has 1 aromatic heterocycles. The number of thiazole rings is 1. The smallest absolute Gasteiger partial charge is 0.269 e. The van der Waals surface area contributed by atoms with Crippen molar-refractivity contribution >= 4 is 47.0 Å². The number of nitrogens with one attached hydrogen (secondary N) is 2. The highest BCUT2D eigenvalue weighted by Crippen LogP contribution is 2.13. The molecular formula is C15H20IN5O2S. The standard InChI is InChI=1S/C15H19N5O2S.HI/c1-3-13-9-17-14(23-13)10-19-15(16-2)18-8-11-4-6-12(7-5-11)20(21)22;/h4-7,9H,3,8,10H2,1-2H3,(H2,16,18,19);1H. The van der Waals surface area contributed by atoms with Crippen molar-refractivity contribution in [3.63, 3.8) is 0 Å². The van der Waals surface area contributed by atoms with Gasteiger partial charge in [0.1, 0.15) is 5.01 Å². The summed E-state index contributed by atoms with van der Waals surface area (Å²) in [6.07, 6.45) is 2.89. The molecule has 9 heteroatoms. The highest BCUT2D eigenvalue weighted by atomic mass is 127. The van der Waals surface area contributed by atoms with Gasteiger partial charge in [-0.05, 0) is 12.0 Å². The van der Waals surface area contributed by atoms with Crippen LogP contribution in [0.5, 0.6) is 0 Å². The summed E-state index contributed by atoms with van der Waals surface area (Å²) in [5, 5.41) is 18.0. The summed E-state index contributed by atoms with van der Waals surface area (Å²) in [7, 11) is 1.70. The van der Waals surface area contributed by atoms with E-state index in [1.165, 1.54) is 17.0 Å². The number of hydrogen-bond donors (Lipinski definition) is 2. The van der Waals surface area contributed by atoms with Crippen LogP contribution < -0.4 is 10.6 Å². The van der Waals surface area contributed by atoms with Gasteiger partial charge in [0, 0.05) is 36.8 Å². The molecule has 0 aliphatic rings. The van der Waals surface area contributed by atoms with Crippen molar-refractivity contribution in [1.29, 1.82) is 0 Å². The van der Waals surface area contributed by atoms with E-state index >= 15 is 0 Å². The number of nitro benzene ring substituents is 1. The van der Waals surface area contributed by atoms with Crippen LogP contribution in [0.3, 0.4) is 0 Å². The van der Waals surface area contributed by atoms with Gasteiger partial charge < -0.3 is 10.6 Å². The number of aryl methyl sites for hydroxylation is 1. The first-order valence-corrected chi connectivity index (χ1v) is 8.05. The Morgan fingerprint density at radius 1 is 1.29 bits per heavy atom. The van der Waals surface area contributed by atoms with Gasteiger partial charge in [-0.1, -0.05) is 19.1 Å². The van der Waals surface area contributed by atoms with E-state index in [4.69, 9.17) is 0 Å². The second kappa shape index (κ2) is 10.2. The van der Waals surface area contributed by atoms with E-state index in [0.717, 1.165) is 17.0 Å². The van der Waals surface area contributed by atoms with Gasteiger partial charge in [-0.2, -0.15) is 0 Å². The third-order valence-electron chi connectivity index (χ3n) is 3.19. The molecule has 130 valence electrons. The van der Waals surface area contributed by atoms with Crippen molar-refractivity contribution < 1.29 is 4.92 Å². The number of aliphatic imine (C=N–C) groups is 1. The van der Waals surface area contributed by atoms with Crippen molar-refractivity contribution in [3.05, 3.63) is 56.0 Å². The number of non-ortho nitro benzene ring substituents is 1. The van der Waals surface area contributed by atoms with E-state index in [1.807, 2.05) is 6.20 Å². The molecule has 0 bridgehead atoms. The Hall–Kier alpha value is -1.75. The van der Waals surface area contributed by atoms with Crippen LogP contribution in [0, 0.1) is 10.1 Å². The molecule has 0 aliphatic carbocycles. The second-order valence-electron chi connectivity index (χ2n) is 4.78. The second-order valence-corrected chi connectivity index (χ2v) is 5.98. The number of hydrogen-bond acceptors (Lipinski definition) is 5. The van der Waals surface area contributed by atoms with Gasteiger partial charge in [0.25, 0.3) is 5.69 Å². The molecule has 2 aromatic rings. The fourth-order valence-electron chi connectivity index (χ4n) is 1.89. The molecule has 7 nitrogen and oxygen atoms in total. The molecule has 2 N–H and O–H groups in total. The minimum atomic E-state index is -0.406. The van der Waals surface area contributed by atoms with Gasteiger partial charge in [0.2, 0.25) is 0 Å². The lowest BCUT2D eigenvalue weighted by atomic mass is 10.2. The molecule has 0 atom stereocenters. The summed E-state index contributed by atoms with van der Waals surface area (Å²) in [6.45, 7) is 3.26. The van der Waals surface area contributed by atoms with Crippen molar-refractivity contribution in [1.82, 2.24) is 15.6 Å². The number of benzene rings is 1. The Kier molecular flexibility index (Phi) is 8.61. The van der Waals surface area contributed by atoms with Crippen LogP contribution in [-0.4, -0.2) is 22.9 Å². The Balaban J connectivity index is 0.00000288. The average molecular weight is 461 g/mol. The molecule has 0 unspecified atom stereocenters.